The third-order valence-electron chi connectivity index (χ3n) is 4.15. The van der Waals surface area contributed by atoms with E-state index in [-0.39, 0.29) is 12.1 Å². The molecule has 2 N–H and O–H groups in total. The quantitative estimate of drug-likeness (QED) is 0.711. The lowest BCUT2D eigenvalue weighted by atomic mass is 9.87. The fourth-order valence-corrected chi connectivity index (χ4v) is 2.53. The zero-order valence-corrected chi connectivity index (χ0v) is 10.4. The fourth-order valence-electron chi connectivity index (χ4n) is 2.53. The summed E-state index contributed by atoms with van der Waals surface area (Å²) in [5.74, 6) is 0.850. The van der Waals surface area contributed by atoms with Gasteiger partial charge in [0, 0.05) is 5.54 Å². The molecular formula is C13H27NO. The van der Waals surface area contributed by atoms with Crippen molar-refractivity contribution in [1.82, 2.24) is 5.32 Å². The van der Waals surface area contributed by atoms with Crippen LogP contribution >= 0.6 is 0 Å². The van der Waals surface area contributed by atoms with Crippen molar-refractivity contribution in [2.75, 3.05) is 13.2 Å². The van der Waals surface area contributed by atoms with Gasteiger partial charge < -0.3 is 10.4 Å². The first-order valence-corrected chi connectivity index (χ1v) is 6.62. The summed E-state index contributed by atoms with van der Waals surface area (Å²) >= 11 is 0. The minimum Gasteiger partial charge on any atom is -0.394 e. The summed E-state index contributed by atoms with van der Waals surface area (Å²) in [5.41, 5.74) is -0.0164. The predicted octanol–water partition coefficient (Wildman–Crippen LogP) is 2.71. The Morgan fingerprint density at radius 1 is 1.13 bits per heavy atom. The molecule has 1 aliphatic carbocycles. The Hall–Kier alpha value is -0.0800. The van der Waals surface area contributed by atoms with Crippen LogP contribution in [0.5, 0.6) is 0 Å². The van der Waals surface area contributed by atoms with Crippen molar-refractivity contribution in [3.05, 3.63) is 0 Å². The number of nitrogens with one attached hydrogen (secondary N) is 1. The minimum absolute atomic E-state index is 0.0164. The van der Waals surface area contributed by atoms with Gasteiger partial charge in [-0.2, -0.15) is 0 Å². The highest BCUT2D eigenvalue weighted by Gasteiger charge is 2.25. The van der Waals surface area contributed by atoms with Crippen LogP contribution in [0.2, 0.25) is 0 Å². The Morgan fingerprint density at radius 2 is 1.73 bits per heavy atom. The largest absolute Gasteiger partial charge is 0.394 e. The average Bonchev–Trinajstić information content (AvgIpc) is 2.33. The summed E-state index contributed by atoms with van der Waals surface area (Å²) in [6.07, 6.45) is 9.01. The maximum Gasteiger partial charge on any atom is 0.0613 e. The van der Waals surface area contributed by atoms with Crippen LogP contribution in [0.1, 0.15) is 58.8 Å². The standard InChI is InChI=1S/C13H27NO/c1-3-13(4-2,11-15)14-10-12-8-6-5-7-9-12/h12,14-15H,3-11H2,1-2H3. The van der Waals surface area contributed by atoms with Crippen LogP contribution in [0, 0.1) is 5.92 Å². The second kappa shape index (κ2) is 6.49. The zero-order chi connectivity index (χ0) is 11.1. The summed E-state index contributed by atoms with van der Waals surface area (Å²) in [6, 6.07) is 0. The number of aliphatic hydroxyl groups excluding tert-OH is 1. The van der Waals surface area contributed by atoms with Crippen molar-refractivity contribution in [1.29, 1.82) is 0 Å². The second-order valence-electron chi connectivity index (χ2n) is 5.03. The van der Waals surface area contributed by atoms with Gasteiger partial charge in [-0.25, -0.2) is 0 Å². The maximum atomic E-state index is 9.44. The van der Waals surface area contributed by atoms with Crippen LogP contribution in [-0.4, -0.2) is 23.8 Å². The molecule has 2 heteroatoms. The highest BCUT2D eigenvalue weighted by Crippen LogP contribution is 2.24. The van der Waals surface area contributed by atoms with Gasteiger partial charge in [-0.1, -0.05) is 33.1 Å². The Morgan fingerprint density at radius 3 is 2.20 bits per heavy atom. The van der Waals surface area contributed by atoms with Gasteiger partial charge in [-0.3, -0.25) is 0 Å². The van der Waals surface area contributed by atoms with Crippen LogP contribution in [0.15, 0.2) is 0 Å². The van der Waals surface area contributed by atoms with Crippen molar-refractivity contribution in [3.63, 3.8) is 0 Å². The molecule has 0 atom stereocenters. The van der Waals surface area contributed by atoms with Crippen molar-refractivity contribution in [2.24, 2.45) is 5.92 Å². The monoisotopic (exact) mass is 213 g/mol. The zero-order valence-electron chi connectivity index (χ0n) is 10.4. The van der Waals surface area contributed by atoms with E-state index in [1.165, 1.54) is 32.1 Å². The molecule has 0 aromatic carbocycles. The third-order valence-corrected chi connectivity index (χ3v) is 4.15. The smallest absolute Gasteiger partial charge is 0.0613 e. The number of hydrogen-bond donors (Lipinski definition) is 2. The number of rotatable bonds is 6. The molecule has 0 heterocycles. The topological polar surface area (TPSA) is 32.3 Å². The normalized spacial score (nSPS) is 19.4. The van der Waals surface area contributed by atoms with Gasteiger partial charge in [0.25, 0.3) is 0 Å². The molecule has 1 saturated carbocycles. The van der Waals surface area contributed by atoms with Gasteiger partial charge in [0.15, 0.2) is 0 Å². The molecule has 0 aromatic rings. The van der Waals surface area contributed by atoms with E-state index in [9.17, 15) is 5.11 Å². The highest BCUT2D eigenvalue weighted by molar-refractivity contribution is 4.85. The molecule has 0 aliphatic heterocycles. The van der Waals surface area contributed by atoms with E-state index in [2.05, 4.69) is 19.2 Å². The molecule has 15 heavy (non-hydrogen) atoms. The Labute approximate surface area is 94.5 Å². The molecule has 0 unspecified atom stereocenters. The molecule has 90 valence electrons. The van der Waals surface area contributed by atoms with E-state index >= 15 is 0 Å². The summed E-state index contributed by atoms with van der Waals surface area (Å²) in [5, 5.41) is 13.0. The van der Waals surface area contributed by atoms with Gasteiger partial charge in [-0.15, -0.1) is 0 Å². The van der Waals surface area contributed by atoms with Crippen LogP contribution in [0.3, 0.4) is 0 Å². The van der Waals surface area contributed by atoms with Gasteiger partial charge in [0.1, 0.15) is 0 Å². The third kappa shape index (κ3) is 3.76. The molecule has 2 nitrogen and oxygen atoms in total. The molecule has 0 amide bonds. The molecular weight excluding hydrogens is 186 g/mol. The van der Waals surface area contributed by atoms with Crippen LogP contribution in [0.25, 0.3) is 0 Å². The van der Waals surface area contributed by atoms with E-state index in [1.54, 1.807) is 0 Å². The van der Waals surface area contributed by atoms with Crippen LogP contribution in [-0.2, 0) is 0 Å². The lowest BCUT2D eigenvalue weighted by Gasteiger charge is -2.33. The Kier molecular flexibility index (Phi) is 5.62. The molecule has 1 fully saturated rings. The molecule has 1 aliphatic rings. The molecule has 0 saturated heterocycles. The first-order chi connectivity index (χ1) is 7.26. The lowest BCUT2D eigenvalue weighted by Crippen LogP contribution is -2.49. The summed E-state index contributed by atoms with van der Waals surface area (Å²) < 4.78 is 0. The first-order valence-electron chi connectivity index (χ1n) is 6.62. The Bertz CT molecular complexity index is 152. The summed E-state index contributed by atoms with van der Waals surface area (Å²) in [4.78, 5) is 0. The molecule has 0 bridgehead atoms. The van der Waals surface area contributed by atoms with Gasteiger partial charge in [-0.05, 0) is 38.1 Å². The molecule has 0 radical (unpaired) electrons. The Balaban J connectivity index is 2.31. The number of aliphatic hydroxyl groups is 1. The lowest BCUT2D eigenvalue weighted by molar-refractivity contribution is 0.141. The second-order valence-corrected chi connectivity index (χ2v) is 5.03. The van der Waals surface area contributed by atoms with Gasteiger partial charge in [0.05, 0.1) is 6.61 Å². The predicted molar refractivity (Wildman–Crippen MR) is 65.0 cm³/mol. The minimum atomic E-state index is -0.0164. The van der Waals surface area contributed by atoms with E-state index in [0.717, 1.165) is 25.3 Å². The van der Waals surface area contributed by atoms with Crippen molar-refractivity contribution >= 4 is 0 Å². The molecule has 0 spiro atoms. The van der Waals surface area contributed by atoms with Gasteiger partial charge >= 0.3 is 0 Å². The summed E-state index contributed by atoms with van der Waals surface area (Å²) in [7, 11) is 0. The van der Waals surface area contributed by atoms with E-state index in [4.69, 9.17) is 0 Å². The highest BCUT2D eigenvalue weighted by atomic mass is 16.3. The maximum absolute atomic E-state index is 9.44. The van der Waals surface area contributed by atoms with Crippen LogP contribution in [0.4, 0.5) is 0 Å². The van der Waals surface area contributed by atoms with E-state index in [0.29, 0.717) is 0 Å². The van der Waals surface area contributed by atoms with Crippen molar-refractivity contribution in [2.45, 2.75) is 64.3 Å². The number of hydrogen-bond acceptors (Lipinski definition) is 2. The van der Waals surface area contributed by atoms with Crippen molar-refractivity contribution in [3.8, 4) is 0 Å². The van der Waals surface area contributed by atoms with Gasteiger partial charge in [0.2, 0.25) is 0 Å². The van der Waals surface area contributed by atoms with E-state index in [1.807, 2.05) is 0 Å². The van der Waals surface area contributed by atoms with Crippen LogP contribution < -0.4 is 5.32 Å². The molecule has 1 rings (SSSR count). The van der Waals surface area contributed by atoms with E-state index < -0.39 is 0 Å². The first kappa shape index (κ1) is 13.0. The molecule has 0 aromatic heterocycles. The fraction of sp³-hybridized carbons (Fsp3) is 1.00. The average molecular weight is 213 g/mol. The SMILES string of the molecule is CCC(CC)(CO)NCC1CCCCC1. The van der Waals surface area contributed by atoms with Crippen molar-refractivity contribution < 1.29 is 5.11 Å². The summed E-state index contributed by atoms with van der Waals surface area (Å²) in [6.45, 7) is 5.69.